The molecule has 0 spiro atoms. The minimum absolute atomic E-state index is 0.0632. The van der Waals surface area contributed by atoms with Crippen molar-refractivity contribution in [2.75, 3.05) is 19.7 Å². The first kappa shape index (κ1) is 18.3. The molecule has 0 unspecified atom stereocenters. The van der Waals surface area contributed by atoms with E-state index < -0.39 is 38.3 Å². The fourth-order valence-corrected chi connectivity index (χ4v) is 4.10. The molecule has 0 N–H and O–H groups in total. The van der Waals surface area contributed by atoms with E-state index in [-0.39, 0.29) is 24.6 Å². The molecule has 2 rings (SSSR count). The van der Waals surface area contributed by atoms with Gasteiger partial charge in [-0.2, -0.15) is 8.70 Å². The quantitative estimate of drug-likeness (QED) is 0.449. The summed E-state index contributed by atoms with van der Waals surface area (Å²) in [5.74, 6) is -2.16. The summed E-state index contributed by atoms with van der Waals surface area (Å²) in [6.45, 7) is 1.98. The molecule has 0 saturated carbocycles. The maximum Gasteiger partial charge on any atom is 0.310 e. The standard InChI is InChI=1S/C14H17FN2O6S/c1-2-23-14(18)10-4-3-7-16(9-10)24(21,22)11-5-6-12(15)13(8-11)17(19)20/h5-6,8,10H,2-4,7,9H2,1H3/t10-/m1/s1. The van der Waals surface area contributed by atoms with Crippen molar-refractivity contribution in [1.29, 1.82) is 0 Å². The Balaban J connectivity index is 2.28. The molecule has 0 radical (unpaired) electrons. The van der Waals surface area contributed by atoms with Crippen molar-refractivity contribution in [2.45, 2.75) is 24.7 Å². The molecule has 0 aliphatic carbocycles. The van der Waals surface area contributed by atoms with E-state index in [0.717, 1.165) is 16.4 Å². The molecule has 1 aromatic rings. The van der Waals surface area contributed by atoms with Crippen LogP contribution < -0.4 is 0 Å². The number of sulfonamides is 1. The van der Waals surface area contributed by atoms with Gasteiger partial charge in [-0.15, -0.1) is 0 Å². The maximum absolute atomic E-state index is 13.4. The van der Waals surface area contributed by atoms with E-state index in [0.29, 0.717) is 18.9 Å². The predicted octanol–water partition coefficient (Wildman–Crippen LogP) is 1.70. The van der Waals surface area contributed by atoms with Gasteiger partial charge in [0.2, 0.25) is 15.8 Å². The number of piperidine rings is 1. The predicted molar refractivity (Wildman–Crippen MR) is 81.2 cm³/mol. The molecule has 1 aromatic carbocycles. The van der Waals surface area contributed by atoms with Crippen LogP contribution in [0.5, 0.6) is 0 Å². The molecule has 0 bridgehead atoms. The number of carbonyl (C=O) groups excluding carboxylic acids is 1. The van der Waals surface area contributed by atoms with Crippen molar-refractivity contribution in [2.24, 2.45) is 5.92 Å². The van der Waals surface area contributed by atoms with Gasteiger partial charge in [0.25, 0.3) is 0 Å². The van der Waals surface area contributed by atoms with Gasteiger partial charge >= 0.3 is 11.7 Å². The molecular formula is C14H17FN2O6S. The average molecular weight is 360 g/mol. The highest BCUT2D eigenvalue weighted by Gasteiger charge is 2.35. The Morgan fingerprint density at radius 1 is 1.50 bits per heavy atom. The number of benzene rings is 1. The summed E-state index contributed by atoms with van der Waals surface area (Å²) < 4.78 is 44.6. The Hall–Kier alpha value is -2.07. The number of nitro benzene ring substituents is 1. The lowest BCUT2D eigenvalue weighted by atomic mass is 10.0. The van der Waals surface area contributed by atoms with Crippen molar-refractivity contribution >= 4 is 21.7 Å². The lowest BCUT2D eigenvalue weighted by molar-refractivity contribution is -0.387. The zero-order chi connectivity index (χ0) is 17.9. The number of nitro groups is 1. The first-order valence-electron chi connectivity index (χ1n) is 7.38. The van der Waals surface area contributed by atoms with Crippen LogP contribution in [0.1, 0.15) is 19.8 Å². The number of nitrogens with zero attached hydrogens (tertiary/aromatic N) is 2. The SMILES string of the molecule is CCOC(=O)[C@@H]1CCCN(S(=O)(=O)c2ccc(F)c([N+](=O)[O-])c2)C1. The van der Waals surface area contributed by atoms with Gasteiger partial charge in [-0.3, -0.25) is 14.9 Å². The lowest BCUT2D eigenvalue weighted by Gasteiger charge is -2.30. The second kappa shape index (κ2) is 7.22. The Labute approximate surface area is 138 Å². The number of hydrogen-bond donors (Lipinski definition) is 0. The molecule has 8 nitrogen and oxygen atoms in total. The van der Waals surface area contributed by atoms with Crippen LogP contribution in [0, 0.1) is 21.8 Å². The van der Waals surface area contributed by atoms with Gasteiger partial charge in [-0.25, -0.2) is 8.42 Å². The smallest absolute Gasteiger partial charge is 0.310 e. The molecule has 0 amide bonds. The summed E-state index contributed by atoms with van der Waals surface area (Å²) in [4.78, 5) is 21.2. The Morgan fingerprint density at radius 2 is 2.21 bits per heavy atom. The van der Waals surface area contributed by atoms with Gasteiger partial charge in [0.15, 0.2) is 0 Å². The molecule has 10 heteroatoms. The van der Waals surface area contributed by atoms with E-state index in [4.69, 9.17) is 4.74 Å². The molecule has 0 aromatic heterocycles. The summed E-state index contributed by atoms with van der Waals surface area (Å²) in [5, 5.41) is 10.8. The maximum atomic E-state index is 13.4. The van der Waals surface area contributed by atoms with E-state index >= 15 is 0 Å². The average Bonchev–Trinajstić information content (AvgIpc) is 2.55. The van der Waals surface area contributed by atoms with E-state index in [1.54, 1.807) is 6.92 Å². The van der Waals surface area contributed by atoms with E-state index in [2.05, 4.69) is 0 Å². The molecule has 1 aliphatic heterocycles. The van der Waals surface area contributed by atoms with Gasteiger partial charge in [0.05, 0.1) is 22.3 Å². The van der Waals surface area contributed by atoms with Gasteiger partial charge < -0.3 is 4.74 Å². The zero-order valence-corrected chi connectivity index (χ0v) is 13.8. The highest BCUT2D eigenvalue weighted by molar-refractivity contribution is 7.89. The first-order chi connectivity index (χ1) is 11.3. The van der Waals surface area contributed by atoms with E-state index in [1.165, 1.54) is 0 Å². The van der Waals surface area contributed by atoms with E-state index in [1.807, 2.05) is 0 Å². The van der Waals surface area contributed by atoms with Gasteiger partial charge in [-0.05, 0) is 31.9 Å². The number of hydrogen-bond acceptors (Lipinski definition) is 6. The van der Waals surface area contributed by atoms with Gasteiger partial charge in [0.1, 0.15) is 0 Å². The monoisotopic (exact) mass is 360 g/mol. The van der Waals surface area contributed by atoms with Crippen LogP contribution in [0.15, 0.2) is 23.1 Å². The molecule has 1 heterocycles. The number of halogens is 1. The van der Waals surface area contributed by atoms with Crippen LogP contribution >= 0.6 is 0 Å². The van der Waals surface area contributed by atoms with Crippen molar-refractivity contribution < 1.29 is 27.3 Å². The van der Waals surface area contributed by atoms with E-state index in [9.17, 15) is 27.7 Å². The summed E-state index contributed by atoms with van der Waals surface area (Å²) in [5.41, 5.74) is -0.907. The minimum atomic E-state index is -4.06. The van der Waals surface area contributed by atoms with Crippen LogP contribution in [0.4, 0.5) is 10.1 Å². The Bertz CT molecular complexity index is 752. The summed E-state index contributed by atoms with van der Waals surface area (Å²) in [6.07, 6.45) is 0.973. The number of ether oxygens (including phenoxy) is 1. The molecule has 1 aliphatic rings. The topological polar surface area (TPSA) is 107 Å². The van der Waals surface area contributed by atoms with Crippen LogP contribution in [-0.4, -0.2) is 43.3 Å². The summed E-state index contributed by atoms with van der Waals surface area (Å²) in [7, 11) is -4.06. The largest absolute Gasteiger partial charge is 0.466 e. The third kappa shape index (κ3) is 3.70. The minimum Gasteiger partial charge on any atom is -0.466 e. The number of rotatable bonds is 5. The molecule has 1 fully saturated rings. The third-order valence-corrected chi connectivity index (χ3v) is 5.62. The van der Waals surface area contributed by atoms with Crippen LogP contribution in [0.3, 0.4) is 0 Å². The highest BCUT2D eigenvalue weighted by Crippen LogP contribution is 2.27. The van der Waals surface area contributed by atoms with Crippen LogP contribution in [-0.2, 0) is 19.6 Å². The fraction of sp³-hybridized carbons (Fsp3) is 0.500. The molecular weight excluding hydrogens is 343 g/mol. The fourth-order valence-electron chi connectivity index (χ4n) is 2.56. The molecule has 1 atom stereocenters. The second-order valence-electron chi connectivity index (χ2n) is 5.32. The van der Waals surface area contributed by atoms with Gasteiger partial charge in [-0.1, -0.05) is 0 Å². The van der Waals surface area contributed by atoms with Crippen molar-refractivity contribution in [3.63, 3.8) is 0 Å². The Morgan fingerprint density at radius 3 is 2.83 bits per heavy atom. The number of esters is 1. The molecule has 1 saturated heterocycles. The first-order valence-corrected chi connectivity index (χ1v) is 8.82. The van der Waals surface area contributed by atoms with Gasteiger partial charge in [0, 0.05) is 19.2 Å². The van der Waals surface area contributed by atoms with Crippen molar-refractivity contribution in [1.82, 2.24) is 4.31 Å². The molecule has 132 valence electrons. The third-order valence-electron chi connectivity index (χ3n) is 3.76. The van der Waals surface area contributed by atoms with Crippen molar-refractivity contribution in [3.05, 3.63) is 34.1 Å². The second-order valence-corrected chi connectivity index (χ2v) is 7.26. The zero-order valence-electron chi connectivity index (χ0n) is 13.0. The van der Waals surface area contributed by atoms with Crippen molar-refractivity contribution in [3.8, 4) is 0 Å². The lowest BCUT2D eigenvalue weighted by Crippen LogP contribution is -2.42. The van der Waals surface area contributed by atoms with Crippen LogP contribution in [0.2, 0.25) is 0 Å². The van der Waals surface area contributed by atoms with Crippen LogP contribution in [0.25, 0.3) is 0 Å². The summed E-state index contributed by atoms with van der Waals surface area (Å²) in [6, 6.07) is 2.42. The normalized spacial score (nSPS) is 19.0. The summed E-state index contributed by atoms with van der Waals surface area (Å²) >= 11 is 0. The highest BCUT2D eigenvalue weighted by atomic mass is 32.2. The number of carbonyl (C=O) groups is 1. The molecule has 24 heavy (non-hydrogen) atoms. The Kier molecular flexibility index (Phi) is 5.50.